The number of benzene rings is 1. The second-order valence-electron chi connectivity index (χ2n) is 6.66. The van der Waals surface area contributed by atoms with E-state index in [1.54, 1.807) is 14.1 Å². The fourth-order valence-electron chi connectivity index (χ4n) is 2.70. The molecular weight excluding hydrogens is 471 g/mol. The van der Waals surface area contributed by atoms with Crippen LogP contribution in [-0.2, 0) is 11.3 Å². The summed E-state index contributed by atoms with van der Waals surface area (Å²) in [5, 5.41) is 9.10. The van der Waals surface area contributed by atoms with Crippen LogP contribution in [0.4, 0.5) is 10.5 Å². The molecule has 9 heteroatoms. The van der Waals surface area contributed by atoms with E-state index in [4.69, 9.17) is 0 Å². The normalized spacial score (nSPS) is 13.5. The highest BCUT2D eigenvalue weighted by atomic mass is 127. The van der Waals surface area contributed by atoms with E-state index < -0.39 is 0 Å². The number of aliphatic imine (C=N–C) groups is 1. The average Bonchev–Trinajstić information content (AvgIpc) is 3.19. The Bertz CT molecular complexity index is 674. The van der Waals surface area contributed by atoms with Crippen molar-refractivity contribution >= 4 is 47.6 Å². The van der Waals surface area contributed by atoms with Crippen LogP contribution in [0.5, 0.6) is 0 Å². The first-order valence-electron chi connectivity index (χ1n) is 9.36. The fraction of sp³-hybridized carbons (Fsp3) is 0.526. The molecule has 1 aromatic carbocycles. The quantitative estimate of drug-likeness (QED) is 0.316. The Morgan fingerprint density at radius 2 is 1.89 bits per heavy atom. The first kappa shape index (κ1) is 24.0. The lowest BCUT2D eigenvalue weighted by Gasteiger charge is -2.16. The first-order valence-corrected chi connectivity index (χ1v) is 9.36. The monoisotopic (exact) mass is 502 g/mol. The van der Waals surface area contributed by atoms with Gasteiger partial charge in [-0.25, -0.2) is 9.79 Å². The lowest BCUT2D eigenvalue weighted by Crippen LogP contribution is -2.42. The average molecular weight is 502 g/mol. The number of hydrogen-bond donors (Lipinski definition) is 3. The summed E-state index contributed by atoms with van der Waals surface area (Å²) in [5.74, 6) is 0.562. The smallest absolute Gasteiger partial charge is 0.321 e. The topological polar surface area (TPSA) is 89.1 Å². The number of likely N-dealkylation sites (N-methyl/N-ethyl adjacent to an activating group) is 1. The molecule has 1 aliphatic rings. The molecule has 1 heterocycles. The molecule has 1 aliphatic heterocycles. The van der Waals surface area contributed by atoms with E-state index in [-0.39, 0.29) is 42.5 Å². The SMILES string of the molecule is CCNC(=NCc1cccc(NC(=O)N2CCCC2)c1)NCC(=O)N(C)C.I. The van der Waals surface area contributed by atoms with Gasteiger partial charge in [0.05, 0.1) is 13.1 Å². The Hall–Kier alpha value is -2.04. The third-order valence-electron chi connectivity index (χ3n) is 4.24. The molecular formula is C19H31IN6O2. The summed E-state index contributed by atoms with van der Waals surface area (Å²) in [5.41, 5.74) is 1.74. The van der Waals surface area contributed by atoms with Crippen molar-refractivity contribution in [2.24, 2.45) is 4.99 Å². The Balaban J connectivity index is 0.00000392. The molecule has 0 unspecified atom stereocenters. The van der Waals surface area contributed by atoms with Gasteiger partial charge in [-0.3, -0.25) is 4.79 Å². The minimum absolute atomic E-state index is 0. The summed E-state index contributed by atoms with van der Waals surface area (Å²) in [7, 11) is 3.44. The summed E-state index contributed by atoms with van der Waals surface area (Å²) >= 11 is 0. The number of carbonyl (C=O) groups is 2. The number of rotatable bonds is 6. The molecule has 3 amide bonds. The number of halogens is 1. The number of guanidine groups is 1. The molecule has 0 aromatic heterocycles. The number of hydrogen-bond acceptors (Lipinski definition) is 3. The van der Waals surface area contributed by atoms with Crippen LogP contribution in [-0.4, -0.2) is 68.0 Å². The van der Waals surface area contributed by atoms with Gasteiger partial charge in [0.1, 0.15) is 0 Å². The molecule has 0 saturated carbocycles. The van der Waals surface area contributed by atoms with E-state index in [0.29, 0.717) is 19.0 Å². The van der Waals surface area contributed by atoms with Crippen molar-refractivity contribution in [3.63, 3.8) is 0 Å². The highest BCUT2D eigenvalue weighted by molar-refractivity contribution is 14.0. The Kier molecular flexibility index (Phi) is 10.6. The lowest BCUT2D eigenvalue weighted by molar-refractivity contribution is -0.127. The van der Waals surface area contributed by atoms with Gasteiger partial charge in [-0.05, 0) is 37.5 Å². The molecule has 8 nitrogen and oxygen atoms in total. The van der Waals surface area contributed by atoms with Gasteiger partial charge in [-0.2, -0.15) is 0 Å². The van der Waals surface area contributed by atoms with Gasteiger partial charge in [-0.1, -0.05) is 12.1 Å². The van der Waals surface area contributed by atoms with Gasteiger partial charge in [0.15, 0.2) is 5.96 Å². The molecule has 2 rings (SSSR count). The molecule has 0 radical (unpaired) electrons. The third-order valence-corrected chi connectivity index (χ3v) is 4.24. The number of likely N-dealkylation sites (tertiary alicyclic amines) is 1. The van der Waals surface area contributed by atoms with Crippen molar-refractivity contribution in [2.45, 2.75) is 26.3 Å². The van der Waals surface area contributed by atoms with Crippen LogP contribution >= 0.6 is 24.0 Å². The molecule has 0 atom stereocenters. The van der Waals surface area contributed by atoms with Crippen molar-refractivity contribution in [3.05, 3.63) is 29.8 Å². The number of amides is 3. The summed E-state index contributed by atoms with van der Waals surface area (Å²) in [6.07, 6.45) is 2.14. The van der Waals surface area contributed by atoms with Gasteiger partial charge in [0, 0.05) is 39.4 Å². The third kappa shape index (κ3) is 7.91. The zero-order valence-corrected chi connectivity index (χ0v) is 19.2. The van der Waals surface area contributed by atoms with E-state index in [2.05, 4.69) is 20.9 Å². The van der Waals surface area contributed by atoms with Crippen LogP contribution in [0.3, 0.4) is 0 Å². The van der Waals surface area contributed by atoms with Crippen LogP contribution in [0, 0.1) is 0 Å². The maximum Gasteiger partial charge on any atom is 0.321 e. The molecule has 1 fully saturated rings. The van der Waals surface area contributed by atoms with E-state index in [1.165, 1.54) is 4.90 Å². The summed E-state index contributed by atoms with van der Waals surface area (Å²) in [6, 6.07) is 7.61. The number of nitrogens with zero attached hydrogens (tertiary/aromatic N) is 3. The predicted octanol–water partition coefficient (Wildman–Crippen LogP) is 2.08. The molecule has 3 N–H and O–H groups in total. The molecule has 1 saturated heterocycles. The summed E-state index contributed by atoms with van der Waals surface area (Å²) in [4.78, 5) is 31.8. The van der Waals surface area contributed by atoms with Crippen molar-refractivity contribution in [3.8, 4) is 0 Å². The van der Waals surface area contributed by atoms with Crippen LogP contribution in [0.25, 0.3) is 0 Å². The highest BCUT2D eigenvalue weighted by Crippen LogP contribution is 2.14. The van der Waals surface area contributed by atoms with Crippen molar-refractivity contribution in [1.29, 1.82) is 0 Å². The second-order valence-corrected chi connectivity index (χ2v) is 6.66. The number of carbonyl (C=O) groups excluding carboxylic acids is 2. The molecule has 156 valence electrons. The van der Waals surface area contributed by atoms with Crippen molar-refractivity contribution in [2.75, 3.05) is 45.6 Å². The Morgan fingerprint density at radius 3 is 2.54 bits per heavy atom. The Morgan fingerprint density at radius 1 is 1.18 bits per heavy atom. The van der Waals surface area contributed by atoms with Gasteiger partial charge in [0.2, 0.25) is 5.91 Å². The van der Waals surface area contributed by atoms with Crippen LogP contribution in [0.2, 0.25) is 0 Å². The molecule has 28 heavy (non-hydrogen) atoms. The maximum absolute atomic E-state index is 12.2. The minimum Gasteiger partial charge on any atom is -0.357 e. The summed E-state index contributed by atoms with van der Waals surface area (Å²) in [6.45, 7) is 4.94. The molecule has 0 aliphatic carbocycles. The van der Waals surface area contributed by atoms with E-state index in [0.717, 1.165) is 37.2 Å². The highest BCUT2D eigenvalue weighted by Gasteiger charge is 2.17. The van der Waals surface area contributed by atoms with E-state index in [9.17, 15) is 9.59 Å². The van der Waals surface area contributed by atoms with E-state index >= 15 is 0 Å². The second kappa shape index (κ2) is 12.4. The van der Waals surface area contributed by atoms with Crippen LogP contribution in [0.15, 0.2) is 29.3 Å². The number of anilines is 1. The number of urea groups is 1. The van der Waals surface area contributed by atoms with E-state index in [1.807, 2.05) is 36.1 Å². The predicted molar refractivity (Wildman–Crippen MR) is 123 cm³/mol. The molecule has 0 bridgehead atoms. The van der Waals surface area contributed by atoms with Crippen molar-refractivity contribution in [1.82, 2.24) is 20.4 Å². The van der Waals surface area contributed by atoms with Gasteiger partial charge in [-0.15, -0.1) is 24.0 Å². The zero-order chi connectivity index (χ0) is 19.6. The largest absolute Gasteiger partial charge is 0.357 e. The fourth-order valence-corrected chi connectivity index (χ4v) is 2.70. The lowest BCUT2D eigenvalue weighted by atomic mass is 10.2. The molecule has 0 spiro atoms. The van der Waals surface area contributed by atoms with Crippen LogP contribution < -0.4 is 16.0 Å². The first-order chi connectivity index (χ1) is 13.0. The summed E-state index contributed by atoms with van der Waals surface area (Å²) < 4.78 is 0. The van der Waals surface area contributed by atoms with Gasteiger partial charge in [0.25, 0.3) is 0 Å². The standard InChI is InChI=1S/C19H30N6O2.HI/c1-4-20-18(22-14-17(26)24(2)3)21-13-15-8-7-9-16(12-15)23-19(27)25-10-5-6-11-25;/h7-9,12H,4-6,10-11,13-14H2,1-3H3,(H,23,27)(H2,20,21,22);1H. The van der Waals surface area contributed by atoms with Gasteiger partial charge < -0.3 is 25.8 Å². The van der Waals surface area contributed by atoms with Crippen molar-refractivity contribution < 1.29 is 9.59 Å². The van der Waals surface area contributed by atoms with Crippen LogP contribution in [0.1, 0.15) is 25.3 Å². The number of nitrogens with one attached hydrogen (secondary N) is 3. The minimum atomic E-state index is -0.0506. The maximum atomic E-state index is 12.2. The van der Waals surface area contributed by atoms with Gasteiger partial charge >= 0.3 is 6.03 Å². The Labute approximate surface area is 184 Å². The molecule has 1 aromatic rings. The zero-order valence-electron chi connectivity index (χ0n) is 16.8.